The van der Waals surface area contributed by atoms with Gasteiger partial charge in [0.05, 0.1) is 6.61 Å². The molecule has 0 fully saturated rings. The third kappa shape index (κ3) is 1.81. The number of anilines is 1. The lowest BCUT2D eigenvalue weighted by Crippen LogP contribution is -2.07. The summed E-state index contributed by atoms with van der Waals surface area (Å²) in [6, 6.07) is 4.61. The topological polar surface area (TPSA) is 52.3 Å². The number of carbonyl (C=O) groups excluding carboxylic acids is 1. The summed E-state index contributed by atoms with van der Waals surface area (Å²) in [5.41, 5.74) is 8.93. The van der Waals surface area contributed by atoms with Crippen LogP contribution >= 0.6 is 11.3 Å². The molecular weight excluding hydrogens is 265 g/mol. The second-order valence-electron chi connectivity index (χ2n) is 4.34. The molecule has 3 nitrogen and oxygen atoms in total. The van der Waals surface area contributed by atoms with Gasteiger partial charge in [0.2, 0.25) is 0 Å². The van der Waals surface area contributed by atoms with Gasteiger partial charge in [-0.05, 0) is 30.2 Å². The molecule has 1 aromatic carbocycles. The molecule has 2 N–H and O–H groups in total. The lowest BCUT2D eigenvalue weighted by Gasteiger charge is -2.05. The Morgan fingerprint density at radius 1 is 1.53 bits per heavy atom. The van der Waals surface area contributed by atoms with E-state index in [4.69, 9.17) is 10.5 Å². The van der Waals surface area contributed by atoms with Crippen LogP contribution < -0.4 is 5.73 Å². The van der Waals surface area contributed by atoms with Gasteiger partial charge >= 0.3 is 5.97 Å². The normalized spacial score (nSPS) is 12.1. The predicted molar refractivity (Wildman–Crippen MR) is 72.9 cm³/mol. The first-order valence-electron chi connectivity index (χ1n) is 5.99. The van der Waals surface area contributed by atoms with Crippen LogP contribution in [-0.4, -0.2) is 12.6 Å². The molecule has 1 heterocycles. The Labute approximate surface area is 113 Å². The van der Waals surface area contributed by atoms with Crippen molar-refractivity contribution in [3.63, 3.8) is 0 Å². The number of hydrogen-bond donors (Lipinski definition) is 1. The molecule has 2 aromatic rings. The van der Waals surface area contributed by atoms with Crippen LogP contribution in [0.3, 0.4) is 0 Å². The molecule has 0 amide bonds. The Bertz CT molecular complexity index is 678. The minimum Gasteiger partial charge on any atom is -0.462 e. The summed E-state index contributed by atoms with van der Waals surface area (Å²) >= 11 is 1.37. The van der Waals surface area contributed by atoms with Crippen LogP contribution in [0.1, 0.15) is 27.7 Å². The Hall–Kier alpha value is -1.88. The molecule has 1 aliphatic rings. The van der Waals surface area contributed by atoms with Crippen LogP contribution in [0.4, 0.5) is 9.39 Å². The van der Waals surface area contributed by atoms with Gasteiger partial charge in [0.15, 0.2) is 0 Å². The van der Waals surface area contributed by atoms with Crippen molar-refractivity contribution >= 4 is 22.3 Å². The number of carbonyl (C=O) groups is 1. The third-order valence-electron chi connectivity index (χ3n) is 3.18. The molecule has 0 unspecified atom stereocenters. The average Bonchev–Trinajstić information content (AvgIpc) is 2.82. The highest BCUT2D eigenvalue weighted by Gasteiger charge is 2.30. The van der Waals surface area contributed by atoms with E-state index in [0.29, 0.717) is 23.6 Å². The molecule has 1 aliphatic carbocycles. The lowest BCUT2D eigenvalue weighted by molar-refractivity contribution is 0.0529. The summed E-state index contributed by atoms with van der Waals surface area (Å²) in [6.07, 6.45) is 0.622. The zero-order valence-corrected chi connectivity index (χ0v) is 11.1. The Morgan fingerprint density at radius 2 is 2.32 bits per heavy atom. The third-order valence-corrected chi connectivity index (χ3v) is 4.19. The van der Waals surface area contributed by atoms with Gasteiger partial charge < -0.3 is 10.5 Å². The van der Waals surface area contributed by atoms with E-state index in [0.717, 1.165) is 21.6 Å². The van der Waals surface area contributed by atoms with Gasteiger partial charge in [0, 0.05) is 16.9 Å². The summed E-state index contributed by atoms with van der Waals surface area (Å²) in [7, 11) is 0. The SMILES string of the molecule is CCOC(=O)c1c(N)sc2c1-c1ccc(F)cc1C2. The minimum absolute atomic E-state index is 0.264. The van der Waals surface area contributed by atoms with Crippen molar-refractivity contribution in [3.8, 4) is 11.1 Å². The lowest BCUT2D eigenvalue weighted by atomic mass is 10.0. The second kappa shape index (κ2) is 4.35. The molecule has 5 heteroatoms. The van der Waals surface area contributed by atoms with Crippen molar-refractivity contribution < 1.29 is 13.9 Å². The summed E-state index contributed by atoms with van der Waals surface area (Å²) < 4.78 is 18.3. The molecule has 3 rings (SSSR count). The maximum Gasteiger partial charge on any atom is 0.341 e. The van der Waals surface area contributed by atoms with Crippen LogP contribution in [-0.2, 0) is 11.2 Å². The number of esters is 1. The summed E-state index contributed by atoms with van der Waals surface area (Å²) in [6.45, 7) is 2.06. The first-order valence-corrected chi connectivity index (χ1v) is 6.80. The molecule has 0 radical (unpaired) electrons. The average molecular weight is 277 g/mol. The van der Waals surface area contributed by atoms with Gasteiger partial charge in [-0.3, -0.25) is 0 Å². The van der Waals surface area contributed by atoms with Crippen molar-refractivity contribution in [1.82, 2.24) is 0 Å². The fourth-order valence-corrected chi connectivity index (χ4v) is 3.53. The first-order chi connectivity index (χ1) is 9.11. The van der Waals surface area contributed by atoms with E-state index < -0.39 is 5.97 Å². The van der Waals surface area contributed by atoms with Crippen molar-refractivity contribution in [3.05, 3.63) is 40.0 Å². The zero-order chi connectivity index (χ0) is 13.6. The number of benzene rings is 1. The standard InChI is InChI=1S/C14H12FNO2S/c1-2-18-14(17)12-11-9-4-3-8(15)5-7(9)6-10(11)19-13(12)16/h3-5H,2,6,16H2,1H3. The maximum atomic E-state index is 13.2. The molecule has 0 aliphatic heterocycles. The van der Waals surface area contributed by atoms with E-state index in [2.05, 4.69) is 0 Å². The van der Waals surface area contributed by atoms with Crippen LogP contribution in [0.5, 0.6) is 0 Å². The van der Waals surface area contributed by atoms with Gasteiger partial charge in [-0.2, -0.15) is 0 Å². The van der Waals surface area contributed by atoms with Crippen molar-refractivity contribution in [1.29, 1.82) is 0 Å². The van der Waals surface area contributed by atoms with E-state index in [1.807, 2.05) is 0 Å². The molecule has 19 heavy (non-hydrogen) atoms. The fraction of sp³-hybridized carbons (Fsp3) is 0.214. The number of ether oxygens (including phenoxy) is 1. The highest BCUT2D eigenvalue weighted by molar-refractivity contribution is 7.17. The summed E-state index contributed by atoms with van der Waals surface area (Å²) in [5.74, 6) is -0.672. The Balaban J connectivity index is 2.17. The van der Waals surface area contributed by atoms with E-state index in [1.54, 1.807) is 13.0 Å². The molecule has 0 spiro atoms. The minimum atomic E-state index is -0.408. The maximum absolute atomic E-state index is 13.2. The quantitative estimate of drug-likeness (QED) is 0.732. The largest absolute Gasteiger partial charge is 0.462 e. The van der Waals surface area contributed by atoms with Crippen molar-refractivity contribution in [2.24, 2.45) is 0 Å². The fourth-order valence-electron chi connectivity index (χ4n) is 2.44. The highest BCUT2D eigenvalue weighted by atomic mass is 32.1. The Morgan fingerprint density at radius 3 is 3.05 bits per heavy atom. The number of rotatable bonds is 2. The van der Waals surface area contributed by atoms with Gasteiger partial charge in [0.25, 0.3) is 0 Å². The van der Waals surface area contributed by atoms with Crippen LogP contribution in [0.2, 0.25) is 0 Å². The van der Waals surface area contributed by atoms with E-state index in [-0.39, 0.29) is 5.82 Å². The first kappa shape index (κ1) is 12.2. The van der Waals surface area contributed by atoms with Crippen LogP contribution in [0.15, 0.2) is 18.2 Å². The molecule has 0 saturated heterocycles. The zero-order valence-electron chi connectivity index (χ0n) is 10.3. The highest BCUT2D eigenvalue weighted by Crippen LogP contribution is 2.46. The molecular formula is C14H12FNO2S. The van der Waals surface area contributed by atoms with E-state index >= 15 is 0 Å². The monoisotopic (exact) mass is 277 g/mol. The Kier molecular flexibility index (Phi) is 2.78. The van der Waals surface area contributed by atoms with Crippen LogP contribution in [0.25, 0.3) is 11.1 Å². The van der Waals surface area contributed by atoms with Crippen molar-refractivity contribution in [2.45, 2.75) is 13.3 Å². The number of nitrogens with two attached hydrogens (primary N) is 1. The number of hydrogen-bond acceptors (Lipinski definition) is 4. The van der Waals surface area contributed by atoms with Gasteiger partial charge in [-0.25, -0.2) is 9.18 Å². The van der Waals surface area contributed by atoms with Gasteiger partial charge in [0.1, 0.15) is 16.4 Å². The summed E-state index contributed by atoms with van der Waals surface area (Å²) in [4.78, 5) is 13.0. The van der Waals surface area contributed by atoms with Crippen molar-refractivity contribution in [2.75, 3.05) is 12.3 Å². The van der Waals surface area contributed by atoms with Gasteiger partial charge in [-0.1, -0.05) is 6.07 Å². The number of nitrogen functional groups attached to an aromatic ring is 1. The molecule has 98 valence electrons. The molecule has 0 bridgehead atoms. The summed E-state index contributed by atoms with van der Waals surface area (Å²) in [5, 5.41) is 0.471. The number of fused-ring (bicyclic) bond motifs is 3. The van der Waals surface area contributed by atoms with Gasteiger partial charge in [-0.15, -0.1) is 11.3 Å². The number of thiophene rings is 1. The second-order valence-corrected chi connectivity index (χ2v) is 5.47. The van der Waals surface area contributed by atoms with Crippen LogP contribution in [0, 0.1) is 5.82 Å². The molecule has 0 atom stereocenters. The van der Waals surface area contributed by atoms with E-state index in [1.165, 1.54) is 23.5 Å². The smallest absolute Gasteiger partial charge is 0.341 e. The number of halogens is 1. The molecule has 1 aromatic heterocycles. The van der Waals surface area contributed by atoms with E-state index in [9.17, 15) is 9.18 Å². The molecule has 0 saturated carbocycles. The predicted octanol–water partition coefficient (Wildman–Crippen LogP) is 3.22.